The fourth-order valence-corrected chi connectivity index (χ4v) is 5.07. The van der Waals surface area contributed by atoms with Crippen LogP contribution in [0.15, 0.2) is 48.5 Å². The molecule has 2 heterocycles. The van der Waals surface area contributed by atoms with Gasteiger partial charge in [-0.25, -0.2) is 9.97 Å². The van der Waals surface area contributed by atoms with Gasteiger partial charge in [0.2, 0.25) is 5.95 Å². The Bertz CT molecular complexity index is 1260. The Balaban J connectivity index is 1.67. The van der Waals surface area contributed by atoms with Crippen LogP contribution in [0.2, 0.25) is 0 Å². The van der Waals surface area contributed by atoms with Crippen LogP contribution in [-0.4, -0.2) is 49.0 Å². The number of nitrogens with one attached hydrogen (secondary N) is 2. The Morgan fingerprint density at radius 2 is 1.83 bits per heavy atom. The first kappa shape index (κ1) is 24.8. The number of aliphatic hydroxyl groups is 2. The topological polar surface area (TPSA) is 123 Å². The van der Waals surface area contributed by atoms with Crippen molar-refractivity contribution in [3.63, 3.8) is 0 Å². The van der Waals surface area contributed by atoms with Crippen molar-refractivity contribution in [1.29, 1.82) is 0 Å². The van der Waals surface area contributed by atoms with Crippen LogP contribution in [0.3, 0.4) is 0 Å². The van der Waals surface area contributed by atoms with Gasteiger partial charge in [0.1, 0.15) is 16.6 Å². The van der Waals surface area contributed by atoms with Crippen LogP contribution in [0.1, 0.15) is 31.5 Å². The maximum atomic E-state index is 9.98. The largest absolute Gasteiger partial charge is 0.508 e. The van der Waals surface area contributed by atoms with E-state index < -0.39 is 6.10 Å². The number of fused-ring (bicyclic) bond motifs is 1. The van der Waals surface area contributed by atoms with Gasteiger partial charge in [-0.3, -0.25) is 0 Å². The molecular weight excluding hydrogens is 462 g/mol. The van der Waals surface area contributed by atoms with Crippen LogP contribution in [-0.2, 0) is 6.54 Å². The molecule has 0 spiro atoms. The third-order valence-electron chi connectivity index (χ3n) is 5.92. The number of para-hydroxylation sites is 1. The van der Waals surface area contributed by atoms with Crippen molar-refractivity contribution in [1.82, 2.24) is 15.0 Å². The van der Waals surface area contributed by atoms with Crippen molar-refractivity contribution in [3.05, 3.63) is 59.8 Å². The Labute approximate surface area is 208 Å². The van der Waals surface area contributed by atoms with Gasteiger partial charge in [0, 0.05) is 25.1 Å². The van der Waals surface area contributed by atoms with Crippen LogP contribution in [0.4, 0.5) is 11.8 Å². The normalized spacial score (nSPS) is 14.0. The Morgan fingerprint density at radius 1 is 1.03 bits per heavy atom. The summed E-state index contributed by atoms with van der Waals surface area (Å²) < 4.78 is 1.08. The van der Waals surface area contributed by atoms with Crippen molar-refractivity contribution < 1.29 is 15.3 Å². The molecule has 0 aliphatic rings. The average molecular weight is 494 g/mol. The van der Waals surface area contributed by atoms with E-state index in [1.165, 1.54) is 0 Å². The number of phenols is 1. The molecule has 0 bridgehead atoms. The molecule has 0 fully saturated rings. The molecule has 4 aromatic rings. The summed E-state index contributed by atoms with van der Waals surface area (Å²) in [5.41, 5.74) is 3.44. The van der Waals surface area contributed by atoms with Crippen LogP contribution >= 0.6 is 11.3 Å². The molecule has 0 aliphatic carbocycles. The molecular formula is C26H31N5O3S. The van der Waals surface area contributed by atoms with E-state index in [9.17, 15) is 15.3 Å². The highest BCUT2D eigenvalue weighted by molar-refractivity contribution is 7.21. The first-order chi connectivity index (χ1) is 16.8. The minimum absolute atomic E-state index is 0.0666. The van der Waals surface area contributed by atoms with Crippen molar-refractivity contribution in [2.45, 2.75) is 45.9 Å². The Morgan fingerprint density at radius 3 is 2.54 bits per heavy atom. The minimum atomic E-state index is -0.611. The van der Waals surface area contributed by atoms with Gasteiger partial charge in [-0.1, -0.05) is 24.3 Å². The van der Waals surface area contributed by atoms with Crippen molar-refractivity contribution >= 4 is 33.3 Å². The third kappa shape index (κ3) is 6.05. The highest BCUT2D eigenvalue weighted by atomic mass is 32.1. The van der Waals surface area contributed by atoms with Gasteiger partial charge in [-0.05, 0) is 57.0 Å². The zero-order valence-electron chi connectivity index (χ0n) is 20.1. The van der Waals surface area contributed by atoms with E-state index in [0.29, 0.717) is 24.7 Å². The molecule has 8 nitrogen and oxygen atoms in total. The summed E-state index contributed by atoms with van der Waals surface area (Å²) in [5, 5.41) is 36.9. The Hall–Kier alpha value is -3.27. The summed E-state index contributed by atoms with van der Waals surface area (Å²) in [7, 11) is 0. The molecule has 2 aromatic carbocycles. The second-order valence-electron chi connectivity index (χ2n) is 8.83. The summed E-state index contributed by atoms with van der Waals surface area (Å²) in [6.07, 6.45) is -0.0395. The third-order valence-corrected chi connectivity index (χ3v) is 6.97. The number of nitrogens with zero attached hydrogens (tertiary/aromatic N) is 3. The van der Waals surface area contributed by atoms with Crippen molar-refractivity contribution in [3.8, 4) is 16.3 Å². The maximum Gasteiger partial charge on any atom is 0.225 e. The number of benzene rings is 2. The van der Waals surface area contributed by atoms with Crippen LogP contribution in [0.5, 0.6) is 5.75 Å². The maximum absolute atomic E-state index is 9.98. The number of anilines is 2. The number of thiazole rings is 1. The molecule has 5 N–H and O–H groups in total. The number of aromatic hydroxyl groups is 1. The lowest BCUT2D eigenvalue weighted by molar-refractivity contribution is 0.0736. The molecule has 0 aliphatic heterocycles. The number of hydrogen-bond acceptors (Lipinski definition) is 9. The van der Waals surface area contributed by atoms with Gasteiger partial charge in [0.25, 0.3) is 0 Å². The smallest absolute Gasteiger partial charge is 0.225 e. The zero-order chi connectivity index (χ0) is 24.9. The molecule has 1 unspecified atom stereocenters. The van der Waals surface area contributed by atoms with Gasteiger partial charge >= 0.3 is 0 Å². The molecule has 0 saturated carbocycles. The number of aryl methyl sites for hydroxylation is 1. The summed E-state index contributed by atoms with van der Waals surface area (Å²) >= 11 is 1.59. The van der Waals surface area contributed by atoms with Gasteiger partial charge in [0.05, 0.1) is 27.6 Å². The summed E-state index contributed by atoms with van der Waals surface area (Å²) in [4.78, 5) is 14.3. The summed E-state index contributed by atoms with van der Waals surface area (Å²) in [6.45, 7) is 6.00. The number of phenolic OH excluding ortho intramolecular Hbond substituents is 1. The molecule has 3 atom stereocenters. The number of aromatic nitrogens is 3. The predicted molar refractivity (Wildman–Crippen MR) is 141 cm³/mol. The highest BCUT2D eigenvalue weighted by Crippen LogP contribution is 2.36. The number of rotatable bonds is 10. The van der Waals surface area contributed by atoms with Crippen LogP contribution in [0.25, 0.3) is 20.8 Å². The quantitative estimate of drug-likeness (QED) is 0.218. The van der Waals surface area contributed by atoms with E-state index in [0.717, 1.165) is 32.0 Å². The zero-order valence-corrected chi connectivity index (χ0v) is 20.9. The molecule has 184 valence electrons. The molecule has 9 heteroatoms. The lowest BCUT2D eigenvalue weighted by Gasteiger charge is -2.24. The van der Waals surface area contributed by atoms with Gasteiger partial charge in [-0.15, -0.1) is 11.3 Å². The fourth-order valence-electron chi connectivity index (χ4n) is 4.01. The first-order valence-corrected chi connectivity index (χ1v) is 12.5. The van der Waals surface area contributed by atoms with E-state index >= 15 is 0 Å². The second kappa shape index (κ2) is 11.0. The van der Waals surface area contributed by atoms with E-state index in [-0.39, 0.29) is 24.3 Å². The van der Waals surface area contributed by atoms with Crippen LogP contribution < -0.4 is 10.6 Å². The average Bonchev–Trinajstić information content (AvgIpc) is 3.24. The first-order valence-electron chi connectivity index (χ1n) is 11.7. The standard InChI is InChI=1S/C26H31N5O3S/c1-15(11-19(14-32)17(3)33)28-24-23(25-30-21-9-4-5-10-22(21)35-25)16(2)29-26(31-24)27-13-18-7-6-8-20(34)12-18/h4-10,12,15,17,19,32-34H,11,13-14H2,1-3H3,(H2,27,28,29,31)/t15?,17-,19+/m0/s1. The van der Waals surface area contributed by atoms with Crippen molar-refractivity contribution in [2.24, 2.45) is 5.92 Å². The molecule has 0 saturated heterocycles. The summed E-state index contributed by atoms with van der Waals surface area (Å²) in [6, 6.07) is 15.0. The van der Waals surface area contributed by atoms with E-state index in [4.69, 9.17) is 15.0 Å². The Kier molecular flexibility index (Phi) is 7.80. The fraction of sp³-hybridized carbons (Fsp3) is 0.346. The van der Waals surface area contributed by atoms with Gasteiger partial charge in [-0.2, -0.15) is 4.98 Å². The molecule has 2 aromatic heterocycles. The molecule has 0 radical (unpaired) electrons. The lowest BCUT2D eigenvalue weighted by atomic mass is 9.96. The highest BCUT2D eigenvalue weighted by Gasteiger charge is 2.22. The molecule has 35 heavy (non-hydrogen) atoms. The minimum Gasteiger partial charge on any atom is -0.508 e. The number of hydrogen-bond donors (Lipinski definition) is 5. The van der Waals surface area contributed by atoms with E-state index in [2.05, 4.69) is 10.6 Å². The predicted octanol–water partition coefficient (Wildman–Crippen LogP) is 4.56. The van der Waals surface area contributed by atoms with Crippen molar-refractivity contribution in [2.75, 3.05) is 17.2 Å². The monoisotopic (exact) mass is 493 g/mol. The van der Waals surface area contributed by atoms with Gasteiger partial charge < -0.3 is 26.0 Å². The van der Waals surface area contributed by atoms with E-state index in [1.807, 2.05) is 44.2 Å². The molecule has 0 amide bonds. The SMILES string of the molecule is Cc1nc(NCc2cccc(O)c2)nc(NC(C)C[C@H](CO)[C@H](C)O)c1-c1nc2ccccc2s1. The number of aliphatic hydroxyl groups excluding tert-OH is 2. The van der Waals surface area contributed by atoms with E-state index in [1.54, 1.807) is 36.5 Å². The lowest BCUT2D eigenvalue weighted by Crippen LogP contribution is -2.28. The summed E-state index contributed by atoms with van der Waals surface area (Å²) in [5.74, 6) is 1.07. The van der Waals surface area contributed by atoms with Gasteiger partial charge in [0.15, 0.2) is 0 Å². The van der Waals surface area contributed by atoms with Crippen LogP contribution in [0, 0.1) is 12.8 Å². The molecule has 4 rings (SSSR count). The second-order valence-corrected chi connectivity index (χ2v) is 9.86.